The van der Waals surface area contributed by atoms with Crippen LogP contribution in [0.5, 0.6) is 0 Å². The summed E-state index contributed by atoms with van der Waals surface area (Å²) >= 11 is 0. The van der Waals surface area contributed by atoms with Gasteiger partial charge in [-0.3, -0.25) is 23.3 Å². The molecule has 0 spiro atoms. The molecule has 2 fully saturated rings. The first-order valence-corrected chi connectivity index (χ1v) is 14.2. The van der Waals surface area contributed by atoms with Gasteiger partial charge in [0.15, 0.2) is 5.82 Å². The molecule has 0 aliphatic carbocycles. The fourth-order valence-electron chi connectivity index (χ4n) is 5.76. The van der Waals surface area contributed by atoms with Gasteiger partial charge in [0.2, 0.25) is 5.91 Å². The summed E-state index contributed by atoms with van der Waals surface area (Å²) in [5.41, 5.74) is 9.59. The molecule has 2 amide bonds. The number of carbonyl (C=O) groups is 2. The Hall–Kier alpha value is -3.81. The maximum atomic E-state index is 14.9. The summed E-state index contributed by atoms with van der Waals surface area (Å²) in [7, 11) is 0. The van der Waals surface area contributed by atoms with Crippen LogP contribution in [0.3, 0.4) is 0 Å². The predicted molar refractivity (Wildman–Crippen MR) is 150 cm³/mol. The molecular formula is C29H34F5N7O2. The number of nitrogens with two attached hydrogens (primary N) is 1. The highest BCUT2D eigenvalue weighted by molar-refractivity contribution is 5.97. The van der Waals surface area contributed by atoms with Gasteiger partial charge in [-0.15, -0.1) is 0 Å². The van der Waals surface area contributed by atoms with Crippen LogP contribution < -0.4 is 11.1 Å². The molecule has 3 N–H and O–H groups in total. The number of benzene rings is 1. The monoisotopic (exact) mass is 607 g/mol. The number of rotatable bonds is 9. The third-order valence-corrected chi connectivity index (χ3v) is 8.29. The number of aryl methyl sites for hydroxylation is 1. The SMILES string of the molecule is Cc1ccc(-c2cc(CN3CCC(F)(F)CC3)c3c(N)ncnn23)cc1C(=O)N[C@@H]1CN(C(=O)[C@H](CF)CCF)C[C@@H]1F. The van der Waals surface area contributed by atoms with E-state index >= 15 is 0 Å². The Kier molecular flexibility index (Phi) is 8.86. The van der Waals surface area contributed by atoms with Crippen molar-refractivity contribution in [1.29, 1.82) is 0 Å². The number of amides is 2. The minimum Gasteiger partial charge on any atom is -0.382 e. The van der Waals surface area contributed by atoms with Gasteiger partial charge in [0.05, 0.1) is 30.9 Å². The minimum absolute atomic E-state index is 0.154. The first-order valence-electron chi connectivity index (χ1n) is 14.2. The van der Waals surface area contributed by atoms with E-state index in [1.54, 1.807) is 29.6 Å². The molecule has 2 aliphatic heterocycles. The Balaban J connectivity index is 1.37. The smallest absolute Gasteiger partial charge is 0.251 e. The highest BCUT2D eigenvalue weighted by Crippen LogP contribution is 2.33. The zero-order chi connectivity index (χ0) is 30.9. The van der Waals surface area contributed by atoms with Gasteiger partial charge in [0, 0.05) is 50.1 Å². The molecule has 0 radical (unpaired) electrons. The Morgan fingerprint density at radius 2 is 1.91 bits per heavy atom. The summed E-state index contributed by atoms with van der Waals surface area (Å²) < 4.78 is 69.8. The van der Waals surface area contributed by atoms with Crippen LogP contribution in [0.2, 0.25) is 0 Å². The third-order valence-electron chi connectivity index (χ3n) is 8.29. The summed E-state index contributed by atoms with van der Waals surface area (Å²) in [5.74, 6) is -4.86. The first kappa shape index (κ1) is 30.6. The number of alkyl halides is 5. The largest absolute Gasteiger partial charge is 0.382 e. The van der Waals surface area contributed by atoms with Gasteiger partial charge in [-0.2, -0.15) is 5.10 Å². The van der Waals surface area contributed by atoms with Crippen LogP contribution in [0.15, 0.2) is 30.6 Å². The van der Waals surface area contributed by atoms with E-state index < -0.39 is 49.2 Å². The summed E-state index contributed by atoms with van der Waals surface area (Å²) in [5, 5.41) is 7.01. The highest BCUT2D eigenvalue weighted by Gasteiger charge is 2.39. The number of likely N-dealkylation sites (tertiary alicyclic amines) is 2. The number of carbonyl (C=O) groups excluding carboxylic acids is 2. The van der Waals surface area contributed by atoms with Crippen molar-refractivity contribution < 1.29 is 31.5 Å². The number of nitrogen functional groups attached to an aromatic ring is 1. The van der Waals surface area contributed by atoms with E-state index in [2.05, 4.69) is 15.4 Å². The molecule has 0 saturated carbocycles. The lowest BCUT2D eigenvalue weighted by Crippen LogP contribution is -2.42. The number of halogens is 5. The Morgan fingerprint density at radius 1 is 1.16 bits per heavy atom. The van der Waals surface area contributed by atoms with E-state index in [9.17, 15) is 31.5 Å². The summed E-state index contributed by atoms with van der Waals surface area (Å²) in [6.45, 7) is 0.168. The number of hydrogen-bond donors (Lipinski definition) is 2. The van der Waals surface area contributed by atoms with Crippen LogP contribution in [0.1, 0.15) is 40.7 Å². The summed E-state index contributed by atoms with van der Waals surface area (Å²) in [6, 6.07) is 6.00. The number of nitrogens with one attached hydrogen (secondary N) is 1. The molecule has 9 nitrogen and oxygen atoms in total. The summed E-state index contributed by atoms with van der Waals surface area (Å²) in [6.07, 6.45) is -1.02. The highest BCUT2D eigenvalue weighted by atomic mass is 19.3. The molecule has 0 unspecified atom stereocenters. The first-order chi connectivity index (χ1) is 20.5. The van der Waals surface area contributed by atoms with Crippen LogP contribution in [-0.2, 0) is 11.3 Å². The second-order valence-corrected chi connectivity index (χ2v) is 11.3. The maximum absolute atomic E-state index is 14.9. The molecule has 3 atom stereocenters. The molecule has 5 rings (SSSR count). The number of anilines is 1. The van der Waals surface area contributed by atoms with Crippen molar-refractivity contribution in [2.24, 2.45) is 5.92 Å². The average molecular weight is 608 g/mol. The normalized spacial score (nSPS) is 21.3. The van der Waals surface area contributed by atoms with Crippen LogP contribution in [0.4, 0.5) is 27.8 Å². The van der Waals surface area contributed by atoms with Gasteiger partial charge in [-0.25, -0.2) is 22.7 Å². The molecule has 2 saturated heterocycles. The number of nitrogens with zero attached hydrogens (tertiary/aromatic N) is 5. The molecule has 3 aromatic rings. The lowest BCUT2D eigenvalue weighted by molar-refractivity contribution is -0.135. The van der Waals surface area contributed by atoms with Crippen molar-refractivity contribution in [2.45, 2.75) is 50.9 Å². The summed E-state index contributed by atoms with van der Waals surface area (Å²) in [4.78, 5) is 33.0. The van der Waals surface area contributed by atoms with Gasteiger partial charge in [0.1, 0.15) is 24.7 Å². The standard InChI is InChI=1S/C29H34F5N7O2/c1-17-2-3-18(10-21(17)27(42)38-23-15-40(14-22(23)32)28(43)19(12-31)4-7-30)24-11-20(25-26(35)36-16-37-41(24)25)13-39-8-5-29(33,34)6-9-39/h2-3,10-11,16,19,22-23H,4-9,12-15H2,1H3,(H,38,42)(H2,35,36,37)/t19-,22-,23+/m0/s1. The lowest BCUT2D eigenvalue weighted by Gasteiger charge is -2.31. The Labute approximate surface area is 245 Å². The minimum atomic E-state index is -2.67. The molecule has 2 aromatic heterocycles. The predicted octanol–water partition coefficient (Wildman–Crippen LogP) is 3.74. The van der Waals surface area contributed by atoms with E-state index in [4.69, 9.17) is 5.73 Å². The van der Waals surface area contributed by atoms with Crippen molar-refractivity contribution in [1.82, 2.24) is 29.7 Å². The van der Waals surface area contributed by atoms with Gasteiger partial charge >= 0.3 is 0 Å². The average Bonchev–Trinajstić information content (AvgIpc) is 3.53. The van der Waals surface area contributed by atoms with Crippen molar-refractivity contribution in [3.63, 3.8) is 0 Å². The van der Waals surface area contributed by atoms with Crippen molar-refractivity contribution in [3.05, 3.63) is 47.3 Å². The molecular weight excluding hydrogens is 573 g/mol. The second-order valence-electron chi connectivity index (χ2n) is 11.3. The Bertz CT molecular complexity index is 1490. The molecule has 4 heterocycles. The van der Waals surface area contributed by atoms with Gasteiger partial charge in [-0.05, 0) is 36.6 Å². The maximum Gasteiger partial charge on any atom is 0.251 e. The zero-order valence-electron chi connectivity index (χ0n) is 23.7. The van der Waals surface area contributed by atoms with Crippen LogP contribution in [0.25, 0.3) is 16.8 Å². The van der Waals surface area contributed by atoms with E-state index in [0.29, 0.717) is 28.9 Å². The van der Waals surface area contributed by atoms with Gasteiger partial charge < -0.3 is 16.0 Å². The molecule has 1 aromatic carbocycles. The lowest BCUT2D eigenvalue weighted by atomic mass is 10.0. The number of aromatic nitrogens is 3. The molecule has 43 heavy (non-hydrogen) atoms. The van der Waals surface area contributed by atoms with Crippen LogP contribution in [0, 0.1) is 12.8 Å². The van der Waals surface area contributed by atoms with Crippen molar-refractivity contribution >= 4 is 23.1 Å². The van der Waals surface area contributed by atoms with E-state index in [-0.39, 0.29) is 56.8 Å². The van der Waals surface area contributed by atoms with Crippen LogP contribution >= 0.6 is 0 Å². The molecule has 0 bridgehead atoms. The van der Waals surface area contributed by atoms with Gasteiger partial charge in [0.25, 0.3) is 11.8 Å². The quantitative estimate of drug-likeness (QED) is 0.359. The Morgan fingerprint density at radius 3 is 2.60 bits per heavy atom. The fourth-order valence-corrected chi connectivity index (χ4v) is 5.76. The zero-order valence-corrected chi connectivity index (χ0v) is 23.7. The van der Waals surface area contributed by atoms with Crippen molar-refractivity contribution in [2.75, 3.05) is 45.3 Å². The molecule has 232 valence electrons. The van der Waals surface area contributed by atoms with E-state index in [0.717, 1.165) is 10.5 Å². The fraction of sp³-hybridized carbons (Fsp3) is 0.517. The van der Waals surface area contributed by atoms with E-state index in [1.807, 2.05) is 11.0 Å². The van der Waals surface area contributed by atoms with Crippen molar-refractivity contribution in [3.8, 4) is 11.3 Å². The van der Waals surface area contributed by atoms with Crippen LogP contribution in [-0.4, -0.2) is 93.9 Å². The topological polar surface area (TPSA) is 109 Å². The van der Waals surface area contributed by atoms with Gasteiger partial charge in [-0.1, -0.05) is 12.1 Å². The number of fused-ring (bicyclic) bond motifs is 1. The molecule has 14 heteroatoms. The number of hydrogen-bond acceptors (Lipinski definition) is 6. The number of piperidine rings is 1. The molecule has 2 aliphatic rings. The third kappa shape index (κ3) is 6.43. The second kappa shape index (κ2) is 12.4. The van der Waals surface area contributed by atoms with E-state index in [1.165, 1.54) is 6.33 Å².